The van der Waals surface area contributed by atoms with Crippen LogP contribution in [0.15, 0.2) is 18.3 Å². The molecular formula is C13H18N2O3. The molecule has 3 rings (SSSR count). The van der Waals surface area contributed by atoms with Crippen molar-refractivity contribution in [1.29, 1.82) is 0 Å². The van der Waals surface area contributed by atoms with Gasteiger partial charge in [-0.1, -0.05) is 0 Å². The lowest BCUT2D eigenvalue weighted by Crippen LogP contribution is -2.58. The molecule has 2 N–H and O–H groups in total. The third kappa shape index (κ3) is 2.09. The maximum atomic E-state index is 10.8. The second kappa shape index (κ2) is 4.50. The van der Waals surface area contributed by atoms with E-state index in [1.54, 1.807) is 19.4 Å². The number of piperidine rings is 1. The third-order valence-electron chi connectivity index (χ3n) is 3.76. The SMILES string of the molecule is COc1ccc(C2(O)CC3COCC(C2)N3)cn1. The van der Waals surface area contributed by atoms with Crippen molar-refractivity contribution < 1.29 is 14.6 Å². The molecule has 3 heterocycles. The summed E-state index contributed by atoms with van der Waals surface area (Å²) < 4.78 is 10.5. The van der Waals surface area contributed by atoms with Gasteiger partial charge < -0.3 is 19.9 Å². The van der Waals surface area contributed by atoms with E-state index in [4.69, 9.17) is 9.47 Å². The first kappa shape index (κ1) is 11.9. The summed E-state index contributed by atoms with van der Waals surface area (Å²) in [7, 11) is 1.59. The van der Waals surface area contributed by atoms with Crippen molar-refractivity contribution in [3.8, 4) is 5.88 Å². The molecule has 2 saturated heterocycles. The van der Waals surface area contributed by atoms with E-state index in [9.17, 15) is 5.11 Å². The summed E-state index contributed by atoms with van der Waals surface area (Å²) in [5.41, 5.74) is 0.0607. The van der Waals surface area contributed by atoms with Crippen molar-refractivity contribution in [2.24, 2.45) is 0 Å². The number of hydrogen-bond donors (Lipinski definition) is 2. The van der Waals surface area contributed by atoms with Crippen molar-refractivity contribution in [3.63, 3.8) is 0 Å². The minimum absolute atomic E-state index is 0.226. The summed E-state index contributed by atoms with van der Waals surface area (Å²) >= 11 is 0. The van der Waals surface area contributed by atoms with Crippen molar-refractivity contribution in [3.05, 3.63) is 23.9 Å². The van der Waals surface area contributed by atoms with Gasteiger partial charge in [0, 0.05) is 29.9 Å². The first-order valence-electron chi connectivity index (χ1n) is 6.26. The molecule has 98 valence electrons. The fourth-order valence-electron chi connectivity index (χ4n) is 2.93. The maximum Gasteiger partial charge on any atom is 0.212 e. The Morgan fingerprint density at radius 1 is 1.39 bits per heavy atom. The molecule has 0 aromatic carbocycles. The van der Waals surface area contributed by atoms with Gasteiger partial charge in [-0.15, -0.1) is 0 Å². The van der Waals surface area contributed by atoms with E-state index in [0.29, 0.717) is 31.9 Å². The first-order chi connectivity index (χ1) is 8.69. The van der Waals surface area contributed by atoms with Crippen LogP contribution in [0.25, 0.3) is 0 Å². The van der Waals surface area contributed by atoms with Gasteiger partial charge in [-0.2, -0.15) is 0 Å². The molecule has 0 saturated carbocycles. The standard InChI is InChI=1S/C13H18N2O3/c1-17-12-3-2-9(6-14-12)13(16)4-10-7-18-8-11(5-13)15-10/h2-3,6,10-11,15-16H,4-5,7-8H2,1H3. The van der Waals surface area contributed by atoms with E-state index in [1.807, 2.05) is 6.07 Å². The Bertz CT molecular complexity index is 409. The zero-order valence-corrected chi connectivity index (χ0v) is 10.4. The van der Waals surface area contributed by atoms with Crippen LogP contribution in [0.2, 0.25) is 0 Å². The van der Waals surface area contributed by atoms with Crippen LogP contribution in [0.5, 0.6) is 5.88 Å². The third-order valence-corrected chi connectivity index (χ3v) is 3.76. The number of fused-ring (bicyclic) bond motifs is 2. The average Bonchev–Trinajstić information content (AvgIpc) is 2.38. The number of pyridine rings is 1. The molecular weight excluding hydrogens is 232 g/mol. The lowest BCUT2D eigenvalue weighted by atomic mass is 9.79. The van der Waals surface area contributed by atoms with Crippen LogP contribution in [0, 0.1) is 0 Å². The Kier molecular flexibility index (Phi) is 2.97. The van der Waals surface area contributed by atoms with Crippen molar-refractivity contribution >= 4 is 0 Å². The normalized spacial score (nSPS) is 35.2. The molecule has 5 nitrogen and oxygen atoms in total. The molecule has 0 spiro atoms. The van der Waals surface area contributed by atoms with Crippen LogP contribution in [0.1, 0.15) is 18.4 Å². The highest BCUT2D eigenvalue weighted by Gasteiger charge is 2.42. The molecule has 2 atom stereocenters. The number of ether oxygens (including phenoxy) is 2. The molecule has 0 radical (unpaired) electrons. The Labute approximate surface area is 106 Å². The van der Waals surface area contributed by atoms with Crippen molar-refractivity contribution in [2.75, 3.05) is 20.3 Å². The van der Waals surface area contributed by atoms with Crippen LogP contribution in [0.3, 0.4) is 0 Å². The average molecular weight is 250 g/mol. The van der Waals surface area contributed by atoms with Crippen molar-refractivity contribution in [1.82, 2.24) is 10.3 Å². The molecule has 0 amide bonds. The number of nitrogens with zero attached hydrogens (tertiary/aromatic N) is 1. The minimum atomic E-state index is -0.802. The molecule has 0 aliphatic carbocycles. The van der Waals surface area contributed by atoms with Gasteiger partial charge in [0.15, 0.2) is 0 Å². The number of aliphatic hydroxyl groups is 1. The zero-order valence-electron chi connectivity index (χ0n) is 10.4. The molecule has 2 unspecified atom stereocenters. The summed E-state index contributed by atoms with van der Waals surface area (Å²) in [4.78, 5) is 4.18. The molecule has 2 aliphatic heterocycles. The second-order valence-corrected chi connectivity index (χ2v) is 5.13. The highest BCUT2D eigenvalue weighted by molar-refractivity contribution is 5.25. The summed E-state index contributed by atoms with van der Waals surface area (Å²) in [5, 5.41) is 14.3. The van der Waals surface area contributed by atoms with Gasteiger partial charge in [0.2, 0.25) is 5.88 Å². The van der Waals surface area contributed by atoms with Crippen LogP contribution >= 0.6 is 0 Å². The fraction of sp³-hybridized carbons (Fsp3) is 0.615. The Morgan fingerprint density at radius 2 is 2.11 bits per heavy atom. The maximum absolute atomic E-state index is 10.8. The van der Waals surface area contributed by atoms with Gasteiger partial charge in [-0.05, 0) is 18.9 Å². The lowest BCUT2D eigenvalue weighted by molar-refractivity contribution is -0.0804. The summed E-state index contributed by atoms with van der Waals surface area (Å²) in [6.45, 7) is 1.34. The Balaban J connectivity index is 1.84. The summed E-state index contributed by atoms with van der Waals surface area (Å²) in [6.07, 6.45) is 3.04. The molecule has 1 aromatic rings. The number of rotatable bonds is 2. The van der Waals surface area contributed by atoms with Crippen LogP contribution in [-0.4, -0.2) is 42.5 Å². The quantitative estimate of drug-likeness (QED) is 0.797. The van der Waals surface area contributed by atoms with Crippen molar-refractivity contribution in [2.45, 2.75) is 30.5 Å². The van der Waals surface area contributed by atoms with E-state index < -0.39 is 5.60 Å². The van der Waals surface area contributed by atoms with Gasteiger partial charge in [0.05, 0.1) is 25.9 Å². The lowest BCUT2D eigenvalue weighted by Gasteiger charge is -2.45. The van der Waals surface area contributed by atoms with Crippen LogP contribution in [-0.2, 0) is 10.3 Å². The Morgan fingerprint density at radius 3 is 2.67 bits per heavy atom. The van der Waals surface area contributed by atoms with Gasteiger partial charge in [0.1, 0.15) is 0 Å². The predicted octanol–water partition coefficient (Wildman–Crippen LogP) is 0.429. The van der Waals surface area contributed by atoms with Gasteiger partial charge in [0.25, 0.3) is 0 Å². The molecule has 5 heteroatoms. The number of aromatic nitrogens is 1. The fourth-order valence-corrected chi connectivity index (χ4v) is 2.93. The number of hydrogen-bond acceptors (Lipinski definition) is 5. The number of morpholine rings is 1. The number of nitrogens with one attached hydrogen (secondary N) is 1. The van der Waals surface area contributed by atoms with Crippen LogP contribution in [0.4, 0.5) is 0 Å². The van der Waals surface area contributed by atoms with Gasteiger partial charge >= 0.3 is 0 Å². The van der Waals surface area contributed by atoms with E-state index in [2.05, 4.69) is 10.3 Å². The minimum Gasteiger partial charge on any atom is -0.481 e. The molecule has 2 bridgehead atoms. The molecule has 18 heavy (non-hydrogen) atoms. The molecule has 1 aromatic heterocycles. The highest BCUT2D eigenvalue weighted by Crippen LogP contribution is 2.36. The zero-order chi connectivity index (χ0) is 12.6. The predicted molar refractivity (Wildman–Crippen MR) is 65.5 cm³/mol. The Hall–Kier alpha value is -1.17. The van der Waals surface area contributed by atoms with E-state index in [-0.39, 0.29) is 12.1 Å². The van der Waals surface area contributed by atoms with E-state index >= 15 is 0 Å². The van der Waals surface area contributed by atoms with E-state index in [0.717, 1.165) is 5.56 Å². The summed E-state index contributed by atoms with van der Waals surface area (Å²) in [5.74, 6) is 0.569. The van der Waals surface area contributed by atoms with Crippen LogP contribution < -0.4 is 10.1 Å². The molecule has 2 fully saturated rings. The first-order valence-corrected chi connectivity index (χ1v) is 6.26. The van der Waals surface area contributed by atoms with E-state index in [1.165, 1.54) is 0 Å². The summed E-state index contributed by atoms with van der Waals surface area (Å²) in [6, 6.07) is 4.14. The largest absolute Gasteiger partial charge is 0.481 e. The van der Waals surface area contributed by atoms with Gasteiger partial charge in [-0.25, -0.2) is 4.98 Å². The number of methoxy groups -OCH3 is 1. The van der Waals surface area contributed by atoms with Gasteiger partial charge in [-0.3, -0.25) is 0 Å². The highest BCUT2D eigenvalue weighted by atomic mass is 16.5. The topological polar surface area (TPSA) is 63.6 Å². The second-order valence-electron chi connectivity index (χ2n) is 5.13. The molecule has 2 aliphatic rings. The smallest absolute Gasteiger partial charge is 0.212 e. The monoisotopic (exact) mass is 250 g/mol.